The van der Waals surface area contributed by atoms with E-state index < -0.39 is 0 Å². The average molecular weight is 459 g/mol. The third-order valence-corrected chi connectivity index (χ3v) is 5.83. The first-order chi connectivity index (χ1) is 16.5. The summed E-state index contributed by atoms with van der Waals surface area (Å²) in [6, 6.07) is 16.7. The Morgan fingerprint density at radius 3 is 2.38 bits per heavy atom. The number of ether oxygens (including phenoxy) is 3. The van der Waals surface area contributed by atoms with Gasteiger partial charge in [0.15, 0.2) is 17.3 Å². The molecule has 34 heavy (non-hydrogen) atoms. The minimum absolute atomic E-state index is 0.297. The SMILES string of the molecule is COc1ccc(C(=O)n2nc(Nc3cccc(F)c3)c3c2-c2cc(OC)c(OC)cc2C3)cc1. The Morgan fingerprint density at radius 1 is 0.971 bits per heavy atom. The molecular weight excluding hydrogens is 437 g/mol. The Kier molecular flexibility index (Phi) is 5.41. The van der Waals surface area contributed by atoms with Crippen LogP contribution in [0.15, 0.2) is 60.7 Å². The number of carbonyl (C=O) groups is 1. The molecule has 4 aromatic rings. The Labute approximate surface area is 195 Å². The van der Waals surface area contributed by atoms with E-state index in [2.05, 4.69) is 10.4 Å². The average Bonchev–Trinajstić information content (AvgIpc) is 3.40. The van der Waals surface area contributed by atoms with Gasteiger partial charge in [-0.2, -0.15) is 4.68 Å². The third-order valence-electron chi connectivity index (χ3n) is 5.83. The van der Waals surface area contributed by atoms with E-state index >= 15 is 0 Å². The molecule has 0 saturated heterocycles. The summed E-state index contributed by atoms with van der Waals surface area (Å²) < 4.78 is 31.3. The lowest BCUT2D eigenvalue weighted by Gasteiger charge is -2.12. The first-order valence-corrected chi connectivity index (χ1v) is 10.6. The van der Waals surface area contributed by atoms with Crippen molar-refractivity contribution in [1.29, 1.82) is 0 Å². The molecule has 8 heteroatoms. The molecule has 1 N–H and O–H groups in total. The highest BCUT2D eigenvalue weighted by atomic mass is 19.1. The van der Waals surface area contributed by atoms with Crippen molar-refractivity contribution in [1.82, 2.24) is 9.78 Å². The molecule has 172 valence electrons. The number of methoxy groups -OCH3 is 3. The summed E-state index contributed by atoms with van der Waals surface area (Å²) in [4.78, 5) is 13.5. The second-order valence-electron chi connectivity index (χ2n) is 7.80. The molecule has 0 aliphatic heterocycles. The summed E-state index contributed by atoms with van der Waals surface area (Å²) in [7, 11) is 4.72. The lowest BCUT2D eigenvalue weighted by atomic mass is 10.1. The number of hydrogen-bond donors (Lipinski definition) is 1. The maximum Gasteiger partial charge on any atom is 0.278 e. The van der Waals surface area contributed by atoms with Crippen LogP contribution in [0, 0.1) is 5.82 Å². The number of halogens is 1. The monoisotopic (exact) mass is 459 g/mol. The quantitative estimate of drug-likeness (QED) is 0.383. The Bertz CT molecular complexity index is 1400. The molecule has 0 atom stereocenters. The fourth-order valence-corrected chi connectivity index (χ4v) is 4.18. The number of nitrogens with zero attached hydrogens (tertiary/aromatic N) is 2. The van der Waals surface area contributed by atoms with Gasteiger partial charge in [-0.3, -0.25) is 4.79 Å². The molecule has 7 nitrogen and oxygen atoms in total. The Balaban J connectivity index is 1.65. The van der Waals surface area contributed by atoms with Gasteiger partial charge in [0.05, 0.1) is 27.0 Å². The highest BCUT2D eigenvalue weighted by Gasteiger charge is 2.32. The van der Waals surface area contributed by atoms with Gasteiger partial charge in [0, 0.05) is 28.8 Å². The van der Waals surface area contributed by atoms with Crippen LogP contribution in [0.4, 0.5) is 15.9 Å². The normalized spacial score (nSPS) is 11.5. The lowest BCUT2D eigenvalue weighted by molar-refractivity contribution is 0.0947. The van der Waals surface area contributed by atoms with Crippen LogP contribution in [-0.2, 0) is 6.42 Å². The number of fused-ring (bicyclic) bond motifs is 3. The second kappa shape index (κ2) is 8.55. The predicted octanol–water partition coefficient (Wildman–Crippen LogP) is 5.05. The van der Waals surface area contributed by atoms with Crippen LogP contribution >= 0.6 is 0 Å². The highest BCUT2D eigenvalue weighted by Crippen LogP contribution is 2.45. The first kappa shape index (κ1) is 21.5. The Morgan fingerprint density at radius 2 is 1.71 bits per heavy atom. The van der Waals surface area contributed by atoms with E-state index in [-0.39, 0.29) is 11.7 Å². The van der Waals surface area contributed by atoms with Gasteiger partial charge in [-0.05, 0) is 60.2 Å². The summed E-state index contributed by atoms with van der Waals surface area (Å²) in [5.41, 5.74) is 4.29. The van der Waals surface area contributed by atoms with Gasteiger partial charge in [-0.25, -0.2) is 4.39 Å². The van der Waals surface area contributed by atoms with Crippen molar-refractivity contribution in [3.05, 3.63) is 83.2 Å². The van der Waals surface area contributed by atoms with Gasteiger partial charge in [-0.1, -0.05) is 6.07 Å². The number of nitrogens with one attached hydrogen (secondary N) is 1. The number of aromatic nitrogens is 2. The summed E-state index contributed by atoms with van der Waals surface area (Å²) in [6.07, 6.45) is 0.526. The number of rotatable bonds is 6. The van der Waals surface area contributed by atoms with E-state index in [1.807, 2.05) is 12.1 Å². The molecule has 0 unspecified atom stereocenters. The van der Waals surface area contributed by atoms with Crippen molar-refractivity contribution < 1.29 is 23.4 Å². The Hall–Kier alpha value is -4.33. The zero-order chi connectivity index (χ0) is 23.8. The van der Waals surface area contributed by atoms with E-state index in [1.54, 1.807) is 57.7 Å². The summed E-state index contributed by atoms with van der Waals surface area (Å²) in [5.74, 6) is 1.63. The zero-order valence-electron chi connectivity index (χ0n) is 18.9. The molecule has 0 radical (unpaired) electrons. The van der Waals surface area contributed by atoms with Crippen molar-refractivity contribution in [3.63, 3.8) is 0 Å². The van der Waals surface area contributed by atoms with E-state index in [0.29, 0.717) is 46.4 Å². The van der Waals surface area contributed by atoms with E-state index in [0.717, 1.165) is 16.7 Å². The molecule has 5 rings (SSSR count). The molecule has 0 spiro atoms. The fraction of sp³-hybridized carbons (Fsp3) is 0.154. The van der Waals surface area contributed by atoms with Crippen molar-refractivity contribution in [3.8, 4) is 28.5 Å². The van der Waals surface area contributed by atoms with Gasteiger partial charge in [0.25, 0.3) is 5.91 Å². The van der Waals surface area contributed by atoms with Crippen LogP contribution in [0.25, 0.3) is 11.3 Å². The van der Waals surface area contributed by atoms with Gasteiger partial charge in [0.2, 0.25) is 0 Å². The standard InChI is InChI=1S/C26H22FN3O4/c1-32-19-9-7-15(8-10-19)26(31)30-24-20-14-23(34-3)22(33-2)12-16(20)11-21(24)25(29-30)28-18-6-4-5-17(27)13-18/h4-10,12-14H,11H2,1-3H3,(H,28,29). The molecule has 1 heterocycles. The molecule has 3 aromatic carbocycles. The van der Waals surface area contributed by atoms with Crippen molar-refractivity contribution >= 4 is 17.4 Å². The molecule has 1 aliphatic carbocycles. The molecule has 1 aromatic heterocycles. The van der Waals surface area contributed by atoms with E-state index in [4.69, 9.17) is 14.2 Å². The topological polar surface area (TPSA) is 74.6 Å². The molecular formula is C26H22FN3O4. The van der Waals surface area contributed by atoms with Crippen LogP contribution in [0.5, 0.6) is 17.2 Å². The summed E-state index contributed by atoms with van der Waals surface area (Å²) in [6.45, 7) is 0. The van der Waals surface area contributed by atoms with Crippen LogP contribution in [-0.4, -0.2) is 37.0 Å². The number of benzene rings is 3. The fourth-order valence-electron chi connectivity index (χ4n) is 4.18. The van der Waals surface area contributed by atoms with Crippen molar-refractivity contribution in [2.45, 2.75) is 6.42 Å². The minimum atomic E-state index is -0.367. The number of hydrogen-bond acceptors (Lipinski definition) is 6. The van der Waals surface area contributed by atoms with E-state index in [9.17, 15) is 9.18 Å². The van der Waals surface area contributed by atoms with Gasteiger partial charge < -0.3 is 19.5 Å². The second-order valence-corrected chi connectivity index (χ2v) is 7.80. The smallest absolute Gasteiger partial charge is 0.278 e. The summed E-state index contributed by atoms with van der Waals surface area (Å²) >= 11 is 0. The van der Waals surface area contributed by atoms with Crippen molar-refractivity contribution in [2.75, 3.05) is 26.6 Å². The number of carbonyl (C=O) groups excluding carboxylic acids is 1. The van der Waals surface area contributed by atoms with Gasteiger partial charge >= 0.3 is 0 Å². The molecule has 0 saturated carbocycles. The molecule has 0 bridgehead atoms. The predicted molar refractivity (Wildman–Crippen MR) is 126 cm³/mol. The lowest BCUT2D eigenvalue weighted by Crippen LogP contribution is -2.15. The van der Waals surface area contributed by atoms with Gasteiger partial charge in [-0.15, -0.1) is 5.10 Å². The molecule has 0 fully saturated rings. The molecule has 0 amide bonds. The highest BCUT2D eigenvalue weighted by molar-refractivity contribution is 6.00. The molecule has 1 aliphatic rings. The van der Waals surface area contributed by atoms with Crippen molar-refractivity contribution in [2.24, 2.45) is 0 Å². The van der Waals surface area contributed by atoms with Crippen LogP contribution in [0.2, 0.25) is 0 Å². The van der Waals surface area contributed by atoms with Gasteiger partial charge in [0.1, 0.15) is 11.6 Å². The third kappa shape index (κ3) is 3.63. The van der Waals surface area contributed by atoms with E-state index in [1.165, 1.54) is 16.8 Å². The maximum absolute atomic E-state index is 13.8. The van der Waals surface area contributed by atoms with Crippen LogP contribution < -0.4 is 19.5 Å². The first-order valence-electron chi connectivity index (χ1n) is 10.6. The van der Waals surface area contributed by atoms with Crippen LogP contribution in [0.1, 0.15) is 21.5 Å². The maximum atomic E-state index is 13.8. The zero-order valence-corrected chi connectivity index (χ0v) is 18.9. The summed E-state index contributed by atoms with van der Waals surface area (Å²) in [5, 5.41) is 7.78. The largest absolute Gasteiger partial charge is 0.497 e. The number of anilines is 2. The van der Waals surface area contributed by atoms with Crippen LogP contribution in [0.3, 0.4) is 0 Å². The minimum Gasteiger partial charge on any atom is -0.497 e.